The largest absolute Gasteiger partial charge is 0.494 e. The molecule has 1 fully saturated rings. The Morgan fingerprint density at radius 1 is 1.11 bits per heavy atom. The Bertz CT molecular complexity index is 761. The van der Waals surface area contributed by atoms with Crippen molar-refractivity contribution in [3.8, 4) is 5.75 Å². The highest BCUT2D eigenvalue weighted by molar-refractivity contribution is 6.30. The Kier molecular flexibility index (Phi) is 7.39. The van der Waals surface area contributed by atoms with Crippen molar-refractivity contribution < 1.29 is 9.53 Å². The van der Waals surface area contributed by atoms with Crippen LogP contribution in [0.15, 0.2) is 48.5 Å². The zero-order chi connectivity index (χ0) is 19.8. The second-order valence-electron chi connectivity index (χ2n) is 6.65. The summed E-state index contributed by atoms with van der Waals surface area (Å²) in [5, 5.41) is 6.29. The molecule has 0 atom stereocenters. The van der Waals surface area contributed by atoms with Crippen LogP contribution < -0.4 is 20.3 Å². The van der Waals surface area contributed by atoms with E-state index in [0.717, 1.165) is 38.5 Å². The van der Waals surface area contributed by atoms with Crippen molar-refractivity contribution in [3.05, 3.63) is 53.6 Å². The molecule has 150 valence electrons. The molecule has 0 bridgehead atoms. The van der Waals surface area contributed by atoms with Gasteiger partial charge in [0.2, 0.25) is 0 Å². The molecule has 1 aliphatic heterocycles. The Labute approximate surface area is 171 Å². The maximum Gasteiger partial charge on any atom is 0.319 e. The summed E-state index contributed by atoms with van der Waals surface area (Å²) in [4.78, 5) is 16.7. The van der Waals surface area contributed by atoms with Gasteiger partial charge in [-0.2, -0.15) is 0 Å². The van der Waals surface area contributed by atoms with Crippen molar-refractivity contribution in [1.29, 1.82) is 0 Å². The van der Waals surface area contributed by atoms with E-state index in [1.165, 1.54) is 5.69 Å². The van der Waals surface area contributed by atoms with Crippen LogP contribution >= 0.6 is 11.6 Å². The van der Waals surface area contributed by atoms with Gasteiger partial charge in [-0.05, 0) is 49.4 Å². The molecule has 0 radical (unpaired) electrons. The topological polar surface area (TPSA) is 56.8 Å². The minimum absolute atomic E-state index is 0.213. The van der Waals surface area contributed by atoms with Crippen LogP contribution in [0.1, 0.15) is 6.92 Å². The van der Waals surface area contributed by atoms with Crippen molar-refractivity contribution in [3.63, 3.8) is 0 Å². The molecule has 28 heavy (non-hydrogen) atoms. The molecule has 1 heterocycles. The van der Waals surface area contributed by atoms with Gasteiger partial charge in [0.15, 0.2) is 0 Å². The van der Waals surface area contributed by atoms with Gasteiger partial charge in [-0.15, -0.1) is 0 Å². The van der Waals surface area contributed by atoms with Crippen LogP contribution in [0, 0.1) is 0 Å². The normalized spacial score (nSPS) is 14.6. The maximum absolute atomic E-state index is 12.0. The van der Waals surface area contributed by atoms with Crippen LogP contribution in [0.4, 0.5) is 16.2 Å². The molecule has 1 aliphatic rings. The Balaban J connectivity index is 1.35. The number of anilines is 2. The third-order valence-electron chi connectivity index (χ3n) is 4.68. The fourth-order valence-corrected chi connectivity index (χ4v) is 3.41. The van der Waals surface area contributed by atoms with E-state index in [-0.39, 0.29) is 6.03 Å². The molecule has 0 aromatic heterocycles. The minimum atomic E-state index is -0.213. The fourth-order valence-electron chi connectivity index (χ4n) is 3.22. The van der Waals surface area contributed by atoms with E-state index in [2.05, 4.69) is 32.6 Å². The van der Waals surface area contributed by atoms with Crippen LogP contribution in [0.3, 0.4) is 0 Å². The number of ether oxygens (including phenoxy) is 1. The van der Waals surface area contributed by atoms with Gasteiger partial charge in [-0.1, -0.05) is 17.7 Å². The molecule has 2 amide bonds. The number of amides is 2. The molecular weight excluding hydrogens is 376 g/mol. The highest BCUT2D eigenvalue weighted by atomic mass is 35.5. The quantitative estimate of drug-likeness (QED) is 0.741. The van der Waals surface area contributed by atoms with E-state index in [1.54, 1.807) is 12.1 Å². The molecule has 0 unspecified atom stereocenters. The summed E-state index contributed by atoms with van der Waals surface area (Å²) in [5.41, 5.74) is 1.91. The molecule has 0 saturated carbocycles. The number of nitrogens with one attached hydrogen (secondary N) is 2. The van der Waals surface area contributed by atoms with E-state index in [4.69, 9.17) is 16.3 Å². The van der Waals surface area contributed by atoms with Crippen molar-refractivity contribution in [2.24, 2.45) is 0 Å². The lowest BCUT2D eigenvalue weighted by atomic mass is 10.2. The highest BCUT2D eigenvalue weighted by Crippen LogP contribution is 2.20. The molecule has 7 heteroatoms. The molecular formula is C21H27ClN4O2. The van der Waals surface area contributed by atoms with Gasteiger partial charge >= 0.3 is 6.03 Å². The number of carbonyl (C=O) groups excluding carboxylic acids is 1. The first-order valence-electron chi connectivity index (χ1n) is 9.64. The van der Waals surface area contributed by atoms with E-state index in [1.807, 2.05) is 31.2 Å². The van der Waals surface area contributed by atoms with Crippen LogP contribution in [-0.4, -0.2) is 56.8 Å². The summed E-state index contributed by atoms with van der Waals surface area (Å²) in [6.07, 6.45) is 0. The van der Waals surface area contributed by atoms with Crippen molar-refractivity contribution in [2.75, 3.05) is 56.1 Å². The summed E-state index contributed by atoms with van der Waals surface area (Å²) >= 11 is 5.92. The summed E-state index contributed by atoms with van der Waals surface area (Å²) in [7, 11) is 0. The average molecular weight is 403 g/mol. The van der Waals surface area contributed by atoms with Crippen LogP contribution in [0.2, 0.25) is 5.02 Å². The monoisotopic (exact) mass is 402 g/mol. The summed E-state index contributed by atoms with van der Waals surface area (Å²) in [5.74, 6) is 0.909. The fraction of sp³-hybridized carbons (Fsp3) is 0.381. The van der Waals surface area contributed by atoms with E-state index < -0.39 is 0 Å². The predicted octanol–water partition coefficient (Wildman–Crippen LogP) is 3.68. The Morgan fingerprint density at radius 3 is 2.54 bits per heavy atom. The third-order valence-corrected chi connectivity index (χ3v) is 4.92. The van der Waals surface area contributed by atoms with Crippen LogP contribution in [0.25, 0.3) is 0 Å². The highest BCUT2D eigenvalue weighted by Gasteiger charge is 2.17. The molecule has 2 N–H and O–H groups in total. The first-order valence-corrected chi connectivity index (χ1v) is 10.0. The van der Waals surface area contributed by atoms with Crippen LogP contribution in [0.5, 0.6) is 5.75 Å². The van der Waals surface area contributed by atoms with Crippen molar-refractivity contribution in [1.82, 2.24) is 10.2 Å². The smallest absolute Gasteiger partial charge is 0.319 e. The van der Waals surface area contributed by atoms with Gasteiger partial charge in [0, 0.05) is 55.7 Å². The Hall–Kier alpha value is -2.44. The molecule has 0 spiro atoms. The minimum Gasteiger partial charge on any atom is -0.494 e. The van der Waals surface area contributed by atoms with Gasteiger partial charge in [-0.25, -0.2) is 4.79 Å². The van der Waals surface area contributed by atoms with Crippen molar-refractivity contribution >= 4 is 29.0 Å². The lowest BCUT2D eigenvalue weighted by Gasteiger charge is -2.36. The number of nitrogens with zero attached hydrogens (tertiary/aromatic N) is 2. The molecule has 1 saturated heterocycles. The predicted molar refractivity (Wildman–Crippen MR) is 115 cm³/mol. The van der Waals surface area contributed by atoms with Gasteiger partial charge in [0.05, 0.1) is 6.61 Å². The molecule has 2 aromatic rings. The van der Waals surface area contributed by atoms with E-state index in [0.29, 0.717) is 23.9 Å². The zero-order valence-electron chi connectivity index (χ0n) is 16.2. The lowest BCUT2D eigenvalue weighted by molar-refractivity contribution is 0.240. The average Bonchev–Trinajstić information content (AvgIpc) is 2.69. The first-order chi connectivity index (χ1) is 13.6. The number of hydrogen-bond acceptors (Lipinski definition) is 4. The van der Waals surface area contributed by atoms with Crippen LogP contribution in [-0.2, 0) is 0 Å². The molecule has 2 aromatic carbocycles. The van der Waals surface area contributed by atoms with Gasteiger partial charge in [0.1, 0.15) is 5.75 Å². The second kappa shape index (κ2) is 10.2. The standard InChI is InChI=1S/C21H27ClN4O2/c1-2-28-20-8-6-19(7-9-20)26-14-12-25(13-15-26)11-10-23-21(27)24-18-5-3-4-17(22)16-18/h3-9,16H,2,10-15H2,1H3,(H2,23,24,27). The number of benzene rings is 2. The number of piperazine rings is 1. The zero-order valence-corrected chi connectivity index (χ0v) is 16.9. The Morgan fingerprint density at radius 2 is 1.86 bits per heavy atom. The number of hydrogen-bond donors (Lipinski definition) is 2. The number of carbonyl (C=O) groups is 1. The van der Waals surface area contributed by atoms with E-state index in [9.17, 15) is 4.79 Å². The molecule has 0 aliphatic carbocycles. The SMILES string of the molecule is CCOc1ccc(N2CCN(CCNC(=O)Nc3cccc(Cl)c3)CC2)cc1. The third kappa shape index (κ3) is 6.04. The molecule has 3 rings (SSSR count). The van der Waals surface area contributed by atoms with Gasteiger partial charge in [0.25, 0.3) is 0 Å². The van der Waals surface area contributed by atoms with Gasteiger partial charge < -0.3 is 20.3 Å². The van der Waals surface area contributed by atoms with Crippen molar-refractivity contribution in [2.45, 2.75) is 6.92 Å². The number of urea groups is 1. The summed E-state index contributed by atoms with van der Waals surface area (Å²) in [6.45, 7) is 8.02. The second-order valence-corrected chi connectivity index (χ2v) is 7.08. The summed E-state index contributed by atoms with van der Waals surface area (Å²) in [6, 6.07) is 15.2. The lowest BCUT2D eigenvalue weighted by Crippen LogP contribution is -2.48. The first kappa shape index (κ1) is 20.3. The number of halogens is 1. The summed E-state index contributed by atoms with van der Waals surface area (Å²) < 4.78 is 5.50. The number of rotatable bonds is 7. The van der Waals surface area contributed by atoms with E-state index >= 15 is 0 Å². The maximum atomic E-state index is 12.0. The van der Waals surface area contributed by atoms with Gasteiger partial charge in [-0.3, -0.25) is 4.90 Å². The molecule has 6 nitrogen and oxygen atoms in total.